The summed E-state index contributed by atoms with van der Waals surface area (Å²) in [5.74, 6) is 1.74. The van der Waals surface area contributed by atoms with Gasteiger partial charge in [0.15, 0.2) is 11.5 Å². The Morgan fingerprint density at radius 3 is 2.41 bits per heavy atom. The first kappa shape index (κ1) is 20.0. The Bertz CT molecular complexity index is 974. The van der Waals surface area contributed by atoms with Gasteiger partial charge in [-0.3, -0.25) is 4.79 Å². The topological polar surface area (TPSA) is 81.7 Å². The first-order valence-electron chi connectivity index (χ1n) is 8.99. The van der Waals surface area contributed by atoms with Crippen molar-refractivity contribution in [2.75, 3.05) is 32.0 Å². The minimum atomic E-state index is -0.287. The summed E-state index contributed by atoms with van der Waals surface area (Å²) >= 11 is 0. The largest absolute Gasteiger partial charge is 0.497 e. The lowest BCUT2D eigenvalue weighted by molar-refractivity contribution is 0.102. The van der Waals surface area contributed by atoms with Crippen LogP contribution in [0.4, 0.5) is 11.4 Å². The van der Waals surface area contributed by atoms with E-state index < -0.39 is 0 Å². The van der Waals surface area contributed by atoms with Crippen molar-refractivity contribution in [3.8, 4) is 17.2 Å². The highest BCUT2D eigenvalue weighted by molar-refractivity contribution is 6.03. The van der Waals surface area contributed by atoms with Crippen LogP contribution in [0.15, 0.2) is 60.8 Å². The van der Waals surface area contributed by atoms with Gasteiger partial charge in [-0.15, -0.1) is 0 Å². The van der Waals surface area contributed by atoms with Crippen LogP contribution in [0.3, 0.4) is 0 Å². The molecule has 1 aromatic heterocycles. The number of pyridine rings is 1. The van der Waals surface area contributed by atoms with Gasteiger partial charge < -0.3 is 24.8 Å². The standard InChI is InChI=1S/C22H23N3O4/c1-27-18-6-4-5-16(12-18)25-22(26)19-9-8-17(14-24-19)23-13-15-7-10-20(28-2)21(11-15)29-3/h4-12,14,23H,13H2,1-3H3,(H,25,26). The van der Waals surface area contributed by atoms with E-state index >= 15 is 0 Å². The summed E-state index contributed by atoms with van der Waals surface area (Å²) in [6, 6.07) is 16.4. The van der Waals surface area contributed by atoms with Gasteiger partial charge >= 0.3 is 0 Å². The fourth-order valence-electron chi connectivity index (χ4n) is 2.72. The van der Waals surface area contributed by atoms with Crippen molar-refractivity contribution in [2.45, 2.75) is 6.54 Å². The molecule has 0 saturated heterocycles. The third-order valence-electron chi connectivity index (χ3n) is 4.27. The second-order valence-corrected chi connectivity index (χ2v) is 6.16. The number of carbonyl (C=O) groups excluding carboxylic acids is 1. The van der Waals surface area contributed by atoms with Gasteiger partial charge in [-0.05, 0) is 42.0 Å². The van der Waals surface area contributed by atoms with Gasteiger partial charge in [-0.25, -0.2) is 4.98 Å². The Morgan fingerprint density at radius 1 is 0.897 bits per heavy atom. The molecule has 29 heavy (non-hydrogen) atoms. The van der Waals surface area contributed by atoms with E-state index in [4.69, 9.17) is 14.2 Å². The molecule has 0 aliphatic heterocycles. The number of carbonyl (C=O) groups is 1. The zero-order chi connectivity index (χ0) is 20.6. The summed E-state index contributed by atoms with van der Waals surface area (Å²) in [5.41, 5.74) is 2.80. The molecule has 2 aromatic carbocycles. The smallest absolute Gasteiger partial charge is 0.274 e. The van der Waals surface area contributed by atoms with Crippen molar-refractivity contribution in [1.82, 2.24) is 4.98 Å². The van der Waals surface area contributed by atoms with Gasteiger partial charge in [0.05, 0.1) is 33.2 Å². The Labute approximate surface area is 169 Å². The molecule has 150 valence electrons. The zero-order valence-electron chi connectivity index (χ0n) is 16.6. The molecule has 0 aliphatic carbocycles. The van der Waals surface area contributed by atoms with Crippen LogP contribution in [-0.4, -0.2) is 32.2 Å². The zero-order valence-corrected chi connectivity index (χ0v) is 16.6. The first-order chi connectivity index (χ1) is 14.1. The molecule has 1 amide bonds. The molecular weight excluding hydrogens is 370 g/mol. The molecule has 2 N–H and O–H groups in total. The van der Waals surface area contributed by atoms with Crippen LogP contribution in [0.1, 0.15) is 16.1 Å². The molecule has 1 heterocycles. The molecule has 0 aliphatic rings. The van der Waals surface area contributed by atoms with Crippen molar-refractivity contribution < 1.29 is 19.0 Å². The summed E-state index contributed by atoms with van der Waals surface area (Å²) < 4.78 is 15.7. The Kier molecular flexibility index (Phi) is 6.52. The minimum Gasteiger partial charge on any atom is -0.497 e. The highest BCUT2D eigenvalue weighted by Gasteiger charge is 2.09. The summed E-state index contributed by atoms with van der Waals surface area (Å²) in [7, 11) is 4.79. The fourth-order valence-corrected chi connectivity index (χ4v) is 2.72. The van der Waals surface area contributed by atoms with Gasteiger partial charge in [0.2, 0.25) is 0 Å². The second-order valence-electron chi connectivity index (χ2n) is 6.16. The molecular formula is C22H23N3O4. The number of nitrogens with zero attached hydrogens (tertiary/aromatic N) is 1. The number of nitrogens with one attached hydrogen (secondary N) is 2. The van der Waals surface area contributed by atoms with E-state index in [0.717, 1.165) is 11.3 Å². The Morgan fingerprint density at radius 2 is 1.72 bits per heavy atom. The number of rotatable bonds is 8. The highest BCUT2D eigenvalue weighted by atomic mass is 16.5. The predicted molar refractivity (Wildman–Crippen MR) is 112 cm³/mol. The second kappa shape index (κ2) is 9.45. The summed E-state index contributed by atoms with van der Waals surface area (Å²) in [4.78, 5) is 16.6. The molecule has 0 unspecified atom stereocenters. The number of methoxy groups -OCH3 is 3. The van der Waals surface area contributed by atoms with Gasteiger partial charge in [0.25, 0.3) is 5.91 Å². The van der Waals surface area contributed by atoms with Gasteiger partial charge in [0.1, 0.15) is 11.4 Å². The molecule has 0 spiro atoms. The van der Waals surface area contributed by atoms with Gasteiger partial charge in [-0.2, -0.15) is 0 Å². The minimum absolute atomic E-state index is 0.287. The van der Waals surface area contributed by atoms with E-state index in [1.165, 1.54) is 0 Å². The van der Waals surface area contributed by atoms with Gasteiger partial charge in [0, 0.05) is 18.3 Å². The van der Waals surface area contributed by atoms with Crippen molar-refractivity contribution in [2.24, 2.45) is 0 Å². The number of ether oxygens (including phenoxy) is 3. The summed E-state index contributed by atoms with van der Waals surface area (Å²) in [5, 5.41) is 6.08. The average molecular weight is 393 g/mol. The van der Waals surface area contributed by atoms with E-state index in [-0.39, 0.29) is 5.91 Å². The molecule has 0 fully saturated rings. The SMILES string of the molecule is COc1cccc(NC(=O)c2ccc(NCc3ccc(OC)c(OC)c3)cn2)c1. The number of hydrogen-bond acceptors (Lipinski definition) is 6. The van der Waals surface area contributed by atoms with Crippen molar-refractivity contribution in [3.63, 3.8) is 0 Å². The van der Waals surface area contributed by atoms with Crippen molar-refractivity contribution >= 4 is 17.3 Å². The van der Waals surface area contributed by atoms with Crippen LogP contribution in [0.2, 0.25) is 0 Å². The van der Waals surface area contributed by atoms with Crippen LogP contribution in [-0.2, 0) is 6.54 Å². The first-order valence-corrected chi connectivity index (χ1v) is 8.99. The predicted octanol–water partition coefficient (Wildman–Crippen LogP) is 3.97. The van der Waals surface area contributed by atoms with E-state index in [0.29, 0.717) is 35.2 Å². The molecule has 0 bridgehead atoms. The molecule has 7 nitrogen and oxygen atoms in total. The quantitative estimate of drug-likeness (QED) is 0.603. The molecule has 3 aromatic rings. The Balaban J connectivity index is 1.60. The van der Waals surface area contributed by atoms with E-state index in [2.05, 4.69) is 15.6 Å². The van der Waals surface area contributed by atoms with Crippen molar-refractivity contribution in [3.05, 3.63) is 72.1 Å². The maximum Gasteiger partial charge on any atom is 0.274 e. The highest BCUT2D eigenvalue weighted by Crippen LogP contribution is 2.27. The molecule has 0 atom stereocenters. The Hall–Kier alpha value is -3.74. The van der Waals surface area contributed by atoms with Crippen molar-refractivity contribution in [1.29, 1.82) is 0 Å². The van der Waals surface area contributed by atoms with E-state index in [1.807, 2.05) is 36.4 Å². The number of amides is 1. The van der Waals surface area contributed by atoms with Crippen LogP contribution in [0, 0.1) is 0 Å². The number of benzene rings is 2. The lowest BCUT2D eigenvalue weighted by Crippen LogP contribution is -2.13. The van der Waals surface area contributed by atoms with Gasteiger partial charge in [-0.1, -0.05) is 12.1 Å². The lowest BCUT2D eigenvalue weighted by Gasteiger charge is -2.11. The maximum absolute atomic E-state index is 12.4. The summed E-state index contributed by atoms with van der Waals surface area (Å²) in [6.07, 6.45) is 1.63. The number of aromatic nitrogens is 1. The van der Waals surface area contributed by atoms with Crippen LogP contribution in [0.25, 0.3) is 0 Å². The van der Waals surface area contributed by atoms with Crippen LogP contribution in [0.5, 0.6) is 17.2 Å². The average Bonchev–Trinajstić information content (AvgIpc) is 2.77. The third-order valence-corrected chi connectivity index (χ3v) is 4.27. The number of hydrogen-bond donors (Lipinski definition) is 2. The van der Waals surface area contributed by atoms with Crippen LogP contribution >= 0.6 is 0 Å². The lowest BCUT2D eigenvalue weighted by atomic mass is 10.2. The third kappa shape index (κ3) is 5.16. The molecule has 0 radical (unpaired) electrons. The normalized spacial score (nSPS) is 10.2. The monoisotopic (exact) mass is 393 g/mol. The summed E-state index contributed by atoms with van der Waals surface area (Å²) in [6.45, 7) is 0.581. The van der Waals surface area contributed by atoms with E-state index in [9.17, 15) is 4.79 Å². The molecule has 7 heteroatoms. The molecule has 0 saturated carbocycles. The molecule has 3 rings (SSSR count). The maximum atomic E-state index is 12.4. The fraction of sp³-hybridized carbons (Fsp3) is 0.182. The number of anilines is 2. The van der Waals surface area contributed by atoms with Crippen LogP contribution < -0.4 is 24.8 Å². The van der Waals surface area contributed by atoms with E-state index in [1.54, 1.807) is 45.7 Å².